The maximum absolute atomic E-state index is 13.2. The Morgan fingerprint density at radius 2 is 1.90 bits per heavy atom. The number of hydrogen-bond donors (Lipinski definition) is 2. The molecule has 0 fully saturated rings. The monoisotopic (exact) mass is 302 g/mol. The third-order valence-corrected chi connectivity index (χ3v) is 3.42. The van der Waals surface area contributed by atoms with Crippen molar-refractivity contribution in [3.8, 4) is 0 Å². The molecule has 0 radical (unpaired) electrons. The van der Waals surface area contributed by atoms with E-state index in [0.29, 0.717) is 11.3 Å². The molecule has 0 aliphatic carbocycles. The predicted octanol–water partition coefficient (Wildman–Crippen LogP) is 3.20. The molecule has 0 aliphatic heterocycles. The molecule has 2 aromatic carbocycles. The normalized spacial score (nSPS) is 11.7. The van der Waals surface area contributed by atoms with Gasteiger partial charge in [0.25, 0.3) is 0 Å². The Hall–Kier alpha value is -2.27. The Morgan fingerprint density at radius 1 is 1.24 bits per heavy atom. The van der Waals surface area contributed by atoms with Crippen LogP contribution in [-0.2, 0) is 4.79 Å². The van der Waals surface area contributed by atoms with Crippen LogP contribution in [-0.4, -0.2) is 10.9 Å². The van der Waals surface area contributed by atoms with Gasteiger partial charge < -0.3 is 11.1 Å². The van der Waals surface area contributed by atoms with E-state index in [1.165, 1.54) is 18.2 Å². The van der Waals surface area contributed by atoms with Crippen molar-refractivity contribution in [3.63, 3.8) is 0 Å². The highest BCUT2D eigenvalue weighted by atomic mass is 32.1. The zero-order valence-corrected chi connectivity index (χ0v) is 12.3. The number of amides is 1. The maximum atomic E-state index is 13.2. The summed E-state index contributed by atoms with van der Waals surface area (Å²) in [5, 5.41) is 2.74. The SMILES string of the molecule is CC(C(=O)Nc1ccc(F)cc1C(N)=S)c1ccccc1. The molecule has 108 valence electrons. The number of benzene rings is 2. The first-order valence-electron chi connectivity index (χ1n) is 6.44. The molecule has 3 N–H and O–H groups in total. The molecule has 1 atom stereocenters. The highest BCUT2D eigenvalue weighted by Crippen LogP contribution is 2.21. The Morgan fingerprint density at radius 3 is 2.52 bits per heavy atom. The quantitative estimate of drug-likeness (QED) is 0.853. The van der Waals surface area contributed by atoms with E-state index in [0.717, 1.165) is 5.56 Å². The average molecular weight is 302 g/mol. The fourth-order valence-electron chi connectivity index (χ4n) is 1.96. The fourth-order valence-corrected chi connectivity index (χ4v) is 2.13. The van der Waals surface area contributed by atoms with Crippen molar-refractivity contribution >= 4 is 28.8 Å². The van der Waals surface area contributed by atoms with Gasteiger partial charge in [0, 0.05) is 5.56 Å². The lowest BCUT2D eigenvalue weighted by Crippen LogP contribution is -2.21. The van der Waals surface area contributed by atoms with Crippen LogP contribution in [0.1, 0.15) is 24.0 Å². The topological polar surface area (TPSA) is 55.1 Å². The molecule has 2 rings (SSSR count). The van der Waals surface area contributed by atoms with Gasteiger partial charge in [0.2, 0.25) is 5.91 Å². The predicted molar refractivity (Wildman–Crippen MR) is 85.8 cm³/mol. The first-order valence-corrected chi connectivity index (χ1v) is 6.85. The smallest absolute Gasteiger partial charge is 0.231 e. The standard InChI is InChI=1S/C16H15FN2OS/c1-10(11-5-3-2-4-6-11)16(20)19-14-8-7-12(17)9-13(14)15(18)21/h2-10H,1H3,(H2,18,21)(H,19,20). The van der Waals surface area contributed by atoms with Gasteiger partial charge in [-0.15, -0.1) is 0 Å². The second kappa shape index (κ2) is 6.45. The molecular weight excluding hydrogens is 287 g/mol. The van der Waals surface area contributed by atoms with E-state index in [9.17, 15) is 9.18 Å². The molecule has 0 heterocycles. The van der Waals surface area contributed by atoms with E-state index in [1.54, 1.807) is 6.92 Å². The molecule has 0 aromatic heterocycles. The molecule has 0 saturated heterocycles. The minimum Gasteiger partial charge on any atom is -0.389 e. The van der Waals surface area contributed by atoms with E-state index in [-0.39, 0.29) is 16.8 Å². The van der Waals surface area contributed by atoms with Gasteiger partial charge in [-0.25, -0.2) is 4.39 Å². The summed E-state index contributed by atoms with van der Waals surface area (Å²) < 4.78 is 13.2. The molecule has 1 unspecified atom stereocenters. The minimum absolute atomic E-state index is 0.0390. The zero-order chi connectivity index (χ0) is 15.4. The molecule has 1 amide bonds. The Labute approximate surface area is 128 Å². The number of hydrogen-bond acceptors (Lipinski definition) is 2. The van der Waals surface area contributed by atoms with Crippen LogP contribution in [0, 0.1) is 5.82 Å². The molecular formula is C16H15FN2OS. The number of anilines is 1. The van der Waals surface area contributed by atoms with Crippen LogP contribution in [0.3, 0.4) is 0 Å². The van der Waals surface area contributed by atoms with Crippen molar-refractivity contribution in [2.24, 2.45) is 5.73 Å². The first kappa shape index (κ1) is 15.1. The van der Waals surface area contributed by atoms with Crippen LogP contribution < -0.4 is 11.1 Å². The van der Waals surface area contributed by atoms with Gasteiger partial charge >= 0.3 is 0 Å². The first-order chi connectivity index (χ1) is 9.99. The summed E-state index contributed by atoms with van der Waals surface area (Å²) in [5.74, 6) is -0.993. The van der Waals surface area contributed by atoms with Gasteiger partial charge in [0.15, 0.2) is 0 Å². The van der Waals surface area contributed by atoms with E-state index in [1.807, 2.05) is 30.3 Å². The third-order valence-electron chi connectivity index (χ3n) is 3.20. The molecule has 0 aliphatic rings. The van der Waals surface area contributed by atoms with Gasteiger partial charge in [0.05, 0.1) is 11.6 Å². The zero-order valence-electron chi connectivity index (χ0n) is 11.5. The largest absolute Gasteiger partial charge is 0.389 e. The summed E-state index contributed by atoms with van der Waals surface area (Å²) >= 11 is 4.88. The lowest BCUT2D eigenvalue weighted by atomic mass is 10.00. The number of rotatable bonds is 4. The number of nitrogens with two attached hydrogens (primary N) is 1. The molecule has 0 bridgehead atoms. The number of halogens is 1. The molecule has 0 saturated carbocycles. The van der Waals surface area contributed by atoms with E-state index >= 15 is 0 Å². The number of nitrogens with one attached hydrogen (secondary N) is 1. The average Bonchev–Trinajstić information content (AvgIpc) is 2.49. The van der Waals surface area contributed by atoms with Crippen molar-refractivity contribution in [1.29, 1.82) is 0 Å². The third kappa shape index (κ3) is 3.64. The molecule has 0 spiro atoms. The van der Waals surface area contributed by atoms with Crippen LogP contribution in [0.4, 0.5) is 10.1 Å². The molecule has 21 heavy (non-hydrogen) atoms. The molecule has 5 heteroatoms. The summed E-state index contributed by atoms with van der Waals surface area (Å²) in [6, 6.07) is 13.3. The van der Waals surface area contributed by atoms with Crippen molar-refractivity contribution in [3.05, 3.63) is 65.5 Å². The van der Waals surface area contributed by atoms with Crippen molar-refractivity contribution in [2.75, 3.05) is 5.32 Å². The summed E-state index contributed by atoms with van der Waals surface area (Å²) in [5.41, 5.74) is 7.19. The summed E-state index contributed by atoms with van der Waals surface area (Å²) in [4.78, 5) is 12.3. The summed E-state index contributed by atoms with van der Waals surface area (Å²) in [6.07, 6.45) is 0. The van der Waals surface area contributed by atoms with Crippen LogP contribution in [0.2, 0.25) is 0 Å². The van der Waals surface area contributed by atoms with E-state index in [4.69, 9.17) is 18.0 Å². The van der Waals surface area contributed by atoms with Gasteiger partial charge in [-0.2, -0.15) is 0 Å². The fraction of sp³-hybridized carbons (Fsp3) is 0.125. The van der Waals surface area contributed by atoms with Crippen LogP contribution in [0.5, 0.6) is 0 Å². The van der Waals surface area contributed by atoms with Gasteiger partial charge in [-0.05, 0) is 30.7 Å². The second-order valence-electron chi connectivity index (χ2n) is 4.68. The van der Waals surface area contributed by atoms with Gasteiger partial charge in [-0.3, -0.25) is 4.79 Å². The maximum Gasteiger partial charge on any atom is 0.231 e. The summed E-state index contributed by atoms with van der Waals surface area (Å²) in [7, 11) is 0. The van der Waals surface area contributed by atoms with Crippen LogP contribution in [0.15, 0.2) is 48.5 Å². The number of carbonyl (C=O) groups excluding carboxylic acids is 1. The lowest BCUT2D eigenvalue weighted by molar-refractivity contribution is -0.117. The summed E-state index contributed by atoms with van der Waals surface area (Å²) in [6.45, 7) is 1.80. The van der Waals surface area contributed by atoms with E-state index < -0.39 is 5.82 Å². The van der Waals surface area contributed by atoms with Crippen LogP contribution in [0.25, 0.3) is 0 Å². The van der Waals surface area contributed by atoms with Gasteiger partial charge in [-0.1, -0.05) is 42.5 Å². The highest BCUT2D eigenvalue weighted by Gasteiger charge is 2.17. The lowest BCUT2D eigenvalue weighted by Gasteiger charge is -2.15. The van der Waals surface area contributed by atoms with E-state index in [2.05, 4.69) is 5.32 Å². The van der Waals surface area contributed by atoms with Crippen LogP contribution >= 0.6 is 12.2 Å². The van der Waals surface area contributed by atoms with Crippen molar-refractivity contribution < 1.29 is 9.18 Å². The van der Waals surface area contributed by atoms with Crippen molar-refractivity contribution in [1.82, 2.24) is 0 Å². The Balaban J connectivity index is 2.22. The Kier molecular flexibility index (Phi) is 4.65. The Bertz CT molecular complexity index is 673. The number of carbonyl (C=O) groups is 1. The molecule has 3 nitrogen and oxygen atoms in total. The van der Waals surface area contributed by atoms with Gasteiger partial charge in [0.1, 0.15) is 10.8 Å². The highest BCUT2D eigenvalue weighted by molar-refractivity contribution is 7.80. The molecule has 2 aromatic rings. The second-order valence-corrected chi connectivity index (χ2v) is 5.12. The number of thiocarbonyl (C=S) groups is 1. The van der Waals surface area contributed by atoms with Crippen molar-refractivity contribution in [2.45, 2.75) is 12.8 Å². The minimum atomic E-state index is -0.452.